The number of rotatable bonds is 3. The maximum atomic E-state index is 13.5. The van der Waals surface area contributed by atoms with Crippen LogP contribution in [0.2, 0.25) is 0 Å². The predicted octanol–water partition coefficient (Wildman–Crippen LogP) is 0.791. The van der Waals surface area contributed by atoms with E-state index in [1.807, 2.05) is 0 Å². The van der Waals surface area contributed by atoms with Gasteiger partial charge in [0.15, 0.2) is 12.2 Å². The van der Waals surface area contributed by atoms with Crippen molar-refractivity contribution in [1.29, 1.82) is 0 Å². The molecule has 108 valence electrons. The first-order chi connectivity index (χ1) is 9.50. The number of carbonyl (C=O) groups excluding carboxylic acids is 1. The first-order valence-corrected chi connectivity index (χ1v) is 6.03. The maximum absolute atomic E-state index is 13.5. The number of likely N-dealkylation sites (tertiary alicyclic amines) is 1. The highest BCUT2D eigenvalue weighted by molar-refractivity contribution is 5.81. The van der Waals surface area contributed by atoms with E-state index in [1.54, 1.807) is 30.3 Å². The summed E-state index contributed by atoms with van der Waals surface area (Å²) >= 11 is 0. The van der Waals surface area contributed by atoms with Crippen molar-refractivity contribution in [3.8, 4) is 0 Å². The molecule has 0 unspecified atom stereocenters. The lowest BCUT2D eigenvalue weighted by Gasteiger charge is -2.20. The van der Waals surface area contributed by atoms with Gasteiger partial charge in [0.1, 0.15) is 12.7 Å². The summed E-state index contributed by atoms with van der Waals surface area (Å²) < 4.78 is 18.5. The Morgan fingerprint density at radius 2 is 2.00 bits per heavy atom. The molecule has 0 aromatic heterocycles. The van der Waals surface area contributed by atoms with Crippen LogP contribution in [0.5, 0.6) is 0 Å². The number of alkyl halides is 1. The van der Waals surface area contributed by atoms with Crippen molar-refractivity contribution in [2.24, 2.45) is 0 Å². The maximum Gasteiger partial charge on any atom is 0.411 e. The van der Waals surface area contributed by atoms with Crippen LogP contribution in [0.3, 0.4) is 0 Å². The normalized spacial score (nSPS) is 25.5. The van der Waals surface area contributed by atoms with Gasteiger partial charge in [0.25, 0.3) is 0 Å². The molecule has 1 aromatic carbocycles. The Bertz CT molecular complexity index is 495. The number of ether oxygens (including phenoxy) is 1. The molecule has 0 saturated carbocycles. The summed E-state index contributed by atoms with van der Waals surface area (Å²) in [6, 6.07) is 7.09. The van der Waals surface area contributed by atoms with Gasteiger partial charge in [-0.25, -0.2) is 14.0 Å². The summed E-state index contributed by atoms with van der Waals surface area (Å²) in [6.07, 6.45) is -4.49. The number of hydrogen-bond acceptors (Lipinski definition) is 4. The number of β-amino-alcohol motifs (C(OH)–C–C–N with tert-alkyl or cyclic N) is 1. The number of carboxylic acid groups (broad SMARTS) is 1. The number of carboxylic acids is 1. The standard InChI is InChI=1S/C13H14FNO5/c14-10-9(16)6-15(11(10)12(17)18)13(19)20-7-8-4-2-1-3-5-8/h1-5,9-11,16H,6-7H2,(H,17,18)/t9-,10+,11-/m0/s1. The van der Waals surface area contributed by atoms with Crippen molar-refractivity contribution < 1.29 is 28.9 Å². The van der Waals surface area contributed by atoms with Gasteiger partial charge in [0.2, 0.25) is 0 Å². The van der Waals surface area contributed by atoms with Crippen molar-refractivity contribution in [3.05, 3.63) is 35.9 Å². The van der Waals surface area contributed by atoms with Gasteiger partial charge in [0, 0.05) is 0 Å². The van der Waals surface area contributed by atoms with Crippen LogP contribution >= 0.6 is 0 Å². The molecule has 6 nitrogen and oxygen atoms in total. The third kappa shape index (κ3) is 2.88. The van der Waals surface area contributed by atoms with E-state index in [-0.39, 0.29) is 6.61 Å². The van der Waals surface area contributed by atoms with Crippen LogP contribution in [0.25, 0.3) is 0 Å². The van der Waals surface area contributed by atoms with Crippen LogP contribution in [0, 0.1) is 0 Å². The van der Waals surface area contributed by atoms with Crippen LogP contribution in [-0.4, -0.2) is 52.0 Å². The molecule has 1 saturated heterocycles. The van der Waals surface area contributed by atoms with Gasteiger partial charge in [-0.2, -0.15) is 0 Å². The van der Waals surface area contributed by atoms with Crippen molar-refractivity contribution in [3.63, 3.8) is 0 Å². The fourth-order valence-corrected chi connectivity index (χ4v) is 2.06. The van der Waals surface area contributed by atoms with Crippen molar-refractivity contribution in [2.75, 3.05) is 6.54 Å². The average Bonchev–Trinajstić information content (AvgIpc) is 2.73. The number of amides is 1. The number of aliphatic hydroxyl groups is 1. The highest BCUT2D eigenvalue weighted by Gasteiger charge is 2.48. The number of hydrogen-bond donors (Lipinski definition) is 2. The fraction of sp³-hybridized carbons (Fsp3) is 0.385. The minimum atomic E-state index is -2.02. The SMILES string of the molecule is O=C(O)[C@@H]1[C@H](F)[C@@H](O)CN1C(=O)OCc1ccccc1. The first-order valence-electron chi connectivity index (χ1n) is 6.03. The number of aliphatic carboxylic acids is 1. The first kappa shape index (κ1) is 14.3. The third-order valence-electron chi connectivity index (χ3n) is 3.08. The highest BCUT2D eigenvalue weighted by atomic mass is 19.1. The van der Waals surface area contributed by atoms with E-state index in [2.05, 4.69) is 0 Å². The van der Waals surface area contributed by atoms with Gasteiger partial charge in [-0.15, -0.1) is 0 Å². The molecule has 0 spiro atoms. The highest BCUT2D eigenvalue weighted by Crippen LogP contribution is 2.23. The minimum absolute atomic E-state index is 0.0461. The van der Waals surface area contributed by atoms with E-state index < -0.39 is 36.9 Å². The lowest BCUT2D eigenvalue weighted by atomic mass is 10.2. The van der Waals surface area contributed by atoms with Crippen LogP contribution in [-0.2, 0) is 16.1 Å². The quantitative estimate of drug-likeness (QED) is 0.856. The van der Waals surface area contributed by atoms with Gasteiger partial charge in [-0.3, -0.25) is 4.90 Å². The number of aliphatic hydroxyl groups excluding tert-OH is 1. The van der Waals surface area contributed by atoms with E-state index in [9.17, 15) is 19.1 Å². The Hall–Kier alpha value is -2.15. The zero-order valence-electron chi connectivity index (χ0n) is 10.5. The monoisotopic (exact) mass is 283 g/mol. The summed E-state index contributed by atoms with van der Waals surface area (Å²) in [4.78, 5) is 23.4. The molecule has 1 aliphatic rings. The Morgan fingerprint density at radius 3 is 2.60 bits per heavy atom. The number of carbonyl (C=O) groups is 2. The topological polar surface area (TPSA) is 87.1 Å². The van der Waals surface area contributed by atoms with Gasteiger partial charge < -0.3 is 14.9 Å². The molecule has 20 heavy (non-hydrogen) atoms. The molecular formula is C13H14FNO5. The van der Waals surface area contributed by atoms with Crippen molar-refractivity contribution >= 4 is 12.1 Å². The molecule has 2 N–H and O–H groups in total. The van der Waals surface area contributed by atoms with Crippen molar-refractivity contribution in [2.45, 2.75) is 24.9 Å². The minimum Gasteiger partial charge on any atom is -0.480 e. The van der Waals surface area contributed by atoms with Crippen molar-refractivity contribution in [1.82, 2.24) is 4.90 Å². The lowest BCUT2D eigenvalue weighted by molar-refractivity contribution is -0.143. The molecule has 1 fully saturated rings. The van der Waals surface area contributed by atoms with Gasteiger partial charge in [-0.05, 0) is 5.56 Å². The second kappa shape index (κ2) is 5.87. The number of halogens is 1. The van der Waals surface area contributed by atoms with Gasteiger partial charge in [0.05, 0.1) is 6.54 Å². The van der Waals surface area contributed by atoms with Gasteiger partial charge >= 0.3 is 12.1 Å². The zero-order chi connectivity index (χ0) is 14.7. The fourth-order valence-electron chi connectivity index (χ4n) is 2.06. The summed E-state index contributed by atoms with van der Waals surface area (Å²) in [7, 11) is 0. The molecule has 0 bridgehead atoms. The van der Waals surface area contributed by atoms with Crippen LogP contribution in [0.4, 0.5) is 9.18 Å². The Balaban J connectivity index is 1.99. The molecular weight excluding hydrogens is 269 g/mol. The van der Waals surface area contributed by atoms with E-state index in [1.165, 1.54) is 0 Å². The Labute approximate surface area is 114 Å². The van der Waals surface area contributed by atoms with E-state index in [0.29, 0.717) is 4.90 Å². The smallest absolute Gasteiger partial charge is 0.411 e. The summed E-state index contributed by atoms with van der Waals surface area (Å²) in [5.74, 6) is -1.51. The molecule has 1 aromatic rings. The molecule has 3 atom stereocenters. The predicted molar refractivity (Wildman–Crippen MR) is 65.7 cm³/mol. The molecule has 2 rings (SSSR count). The largest absolute Gasteiger partial charge is 0.480 e. The lowest BCUT2D eigenvalue weighted by Crippen LogP contribution is -2.44. The Kier molecular flexibility index (Phi) is 4.19. The molecule has 1 heterocycles. The third-order valence-corrected chi connectivity index (χ3v) is 3.08. The number of nitrogens with zero attached hydrogens (tertiary/aromatic N) is 1. The van der Waals surface area contributed by atoms with E-state index in [4.69, 9.17) is 9.84 Å². The molecule has 1 amide bonds. The van der Waals surface area contributed by atoms with Crippen LogP contribution < -0.4 is 0 Å². The van der Waals surface area contributed by atoms with Crippen LogP contribution in [0.15, 0.2) is 30.3 Å². The van der Waals surface area contributed by atoms with Crippen LogP contribution in [0.1, 0.15) is 5.56 Å². The van der Waals surface area contributed by atoms with E-state index >= 15 is 0 Å². The summed E-state index contributed by atoms with van der Waals surface area (Å²) in [6.45, 7) is -0.443. The van der Waals surface area contributed by atoms with E-state index in [0.717, 1.165) is 5.56 Å². The Morgan fingerprint density at radius 1 is 1.35 bits per heavy atom. The second-order valence-corrected chi connectivity index (χ2v) is 4.49. The number of benzene rings is 1. The molecule has 0 aliphatic carbocycles. The molecule has 7 heteroatoms. The molecule has 1 aliphatic heterocycles. The van der Waals surface area contributed by atoms with Gasteiger partial charge in [-0.1, -0.05) is 30.3 Å². The average molecular weight is 283 g/mol. The second-order valence-electron chi connectivity index (χ2n) is 4.49. The molecule has 0 radical (unpaired) electrons. The zero-order valence-corrected chi connectivity index (χ0v) is 10.5. The summed E-state index contributed by atoms with van der Waals surface area (Å²) in [5.41, 5.74) is 0.726. The summed E-state index contributed by atoms with van der Waals surface area (Å²) in [5, 5.41) is 18.2.